The number of thioether (sulfide) groups is 1. The Morgan fingerprint density at radius 2 is 2.20 bits per heavy atom. The first kappa shape index (κ1) is 14.5. The van der Waals surface area contributed by atoms with Crippen LogP contribution in [0.4, 0.5) is 0 Å². The van der Waals surface area contributed by atoms with Crippen LogP contribution < -0.4 is 4.74 Å². The van der Waals surface area contributed by atoms with Gasteiger partial charge in [0.1, 0.15) is 11.3 Å². The lowest BCUT2D eigenvalue weighted by atomic mass is 10.2. The first-order valence-electron chi connectivity index (χ1n) is 6.15. The van der Waals surface area contributed by atoms with Gasteiger partial charge in [-0.1, -0.05) is 6.07 Å². The van der Waals surface area contributed by atoms with E-state index < -0.39 is 5.97 Å². The van der Waals surface area contributed by atoms with Crippen molar-refractivity contribution in [3.63, 3.8) is 0 Å². The molecule has 1 aromatic carbocycles. The molecule has 5 nitrogen and oxygen atoms in total. The van der Waals surface area contributed by atoms with Crippen LogP contribution in [0.15, 0.2) is 35.5 Å². The Balaban J connectivity index is 2.35. The van der Waals surface area contributed by atoms with E-state index >= 15 is 0 Å². The summed E-state index contributed by atoms with van der Waals surface area (Å²) in [5.74, 6) is -0.145. The maximum absolute atomic E-state index is 11.4. The molecule has 2 rings (SSSR count). The predicted molar refractivity (Wildman–Crippen MR) is 77.9 cm³/mol. The number of aromatic carboxylic acids is 1. The summed E-state index contributed by atoms with van der Waals surface area (Å²) in [5.41, 5.74) is 0.178. The van der Waals surface area contributed by atoms with Gasteiger partial charge >= 0.3 is 5.97 Å². The minimum absolute atomic E-state index is 0.178. The maximum atomic E-state index is 11.4. The van der Waals surface area contributed by atoms with Gasteiger partial charge in [0.05, 0.1) is 12.4 Å². The molecule has 1 aromatic heterocycles. The fraction of sp³-hybridized carbons (Fsp3) is 0.286. The summed E-state index contributed by atoms with van der Waals surface area (Å²) < 4.78 is 7.42. The highest BCUT2D eigenvalue weighted by atomic mass is 32.2. The van der Waals surface area contributed by atoms with Crippen LogP contribution in [0.25, 0.3) is 0 Å². The number of hydrogen-bond acceptors (Lipinski definition) is 4. The molecule has 0 fully saturated rings. The third-order valence-corrected chi connectivity index (χ3v) is 3.54. The summed E-state index contributed by atoms with van der Waals surface area (Å²) in [5, 5.41) is 13.5. The zero-order chi connectivity index (χ0) is 14.7. The van der Waals surface area contributed by atoms with Crippen molar-refractivity contribution in [1.29, 1.82) is 0 Å². The van der Waals surface area contributed by atoms with Crippen molar-refractivity contribution in [1.82, 2.24) is 9.78 Å². The summed E-state index contributed by atoms with van der Waals surface area (Å²) in [7, 11) is 0. The average molecular weight is 292 g/mol. The van der Waals surface area contributed by atoms with Crippen LogP contribution in [0.2, 0.25) is 0 Å². The zero-order valence-corrected chi connectivity index (χ0v) is 12.3. The Labute approximate surface area is 121 Å². The van der Waals surface area contributed by atoms with E-state index in [1.807, 2.05) is 20.1 Å². The topological polar surface area (TPSA) is 64.4 Å². The van der Waals surface area contributed by atoms with Crippen LogP contribution in [0.3, 0.4) is 0 Å². The lowest BCUT2D eigenvalue weighted by Gasteiger charge is -2.10. The molecular formula is C14H16N2O3S. The molecule has 1 N–H and O–H groups in total. The molecule has 106 valence electrons. The van der Waals surface area contributed by atoms with Crippen molar-refractivity contribution in [2.24, 2.45) is 0 Å². The van der Waals surface area contributed by atoms with E-state index in [9.17, 15) is 9.90 Å². The van der Waals surface area contributed by atoms with Gasteiger partial charge in [-0.15, -0.1) is 11.8 Å². The SMILES string of the molecule is CSc1cccc(Oc2cnn(C(C)C)c2)c1C(=O)O. The van der Waals surface area contributed by atoms with Gasteiger partial charge in [0.2, 0.25) is 0 Å². The van der Waals surface area contributed by atoms with Crippen LogP contribution in [0.5, 0.6) is 11.5 Å². The highest BCUT2D eigenvalue weighted by molar-refractivity contribution is 7.98. The third-order valence-electron chi connectivity index (χ3n) is 2.76. The molecule has 0 bridgehead atoms. The van der Waals surface area contributed by atoms with Gasteiger partial charge in [0.15, 0.2) is 5.75 Å². The largest absolute Gasteiger partial charge is 0.478 e. The van der Waals surface area contributed by atoms with E-state index in [4.69, 9.17) is 4.74 Å². The van der Waals surface area contributed by atoms with Crippen molar-refractivity contribution < 1.29 is 14.6 Å². The Hall–Kier alpha value is -1.95. The van der Waals surface area contributed by atoms with Crippen molar-refractivity contribution in [3.05, 3.63) is 36.2 Å². The molecule has 6 heteroatoms. The van der Waals surface area contributed by atoms with Gasteiger partial charge in [0, 0.05) is 10.9 Å². The number of hydrogen-bond donors (Lipinski definition) is 1. The summed E-state index contributed by atoms with van der Waals surface area (Å²) >= 11 is 1.38. The summed E-state index contributed by atoms with van der Waals surface area (Å²) in [6.07, 6.45) is 5.17. The highest BCUT2D eigenvalue weighted by Gasteiger charge is 2.17. The van der Waals surface area contributed by atoms with E-state index in [-0.39, 0.29) is 11.6 Å². The number of carboxylic acid groups (broad SMARTS) is 1. The van der Waals surface area contributed by atoms with E-state index in [0.29, 0.717) is 16.4 Å². The number of carbonyl (C=O) groups is 1. The first-order chi connectivity index (χ1) is 9.52. The number of carboxylic acids is 1. The van der Waals surface area contributed by atoms with Gasteiger partial charge < -0.3 is 9.84 Å². The lowest BCUT2D eigenvalue weighted by molar-refractivity contribution is 0.0690. The molecule has 0 radical (unpaired) electrons. The molecule has 2 aromatic rings. The van der Waals surface area contributed by atoms with E-state index in [1.165, 1.54) is 11.8 Å². The average Bonchev–Trinajstić information content (AvgIpc) is 2.86. The Bertz CT molecular complexity index is 623. The summed E-state index contributed by atoms with van der Waals surface area (Å²) in [6, 6.07) is 5.42. The zero-order valence-electron chi connectivity index (χ0n) is 11.5. The van der Waals surface area contributed by atoms with Crippen LogP contribution in [-0.2, 0) is 0 Å². The fourth-order valence-corrected chi connectivity index (χ4v) is 2.37. The molecule has 0 spiro atoms. The van der Waals surface area contributed by atoms with Crippen LogP contribution in [-0.4, -0.2) is 27.1 Å². The van der Waals surface area contributed by atoms with Gasteiger partial charge in [-0.3, -0.25) is 4.68 Å². The normalized spacial score (nSPS) is 10.8. The third kappa shape index (κ3) is 2.96. The van der Waals surface area contributed by atoms with E-state index in [0.717, 1.165) is 0 Å². The van der Waals surface area contributed by atoms with Gasteiger partial charge in [-0.2, -0.15) is 5.10 Å². The van der Waals surface area contributed by atoms with Crippen molar-refractivity contribution in [2.45, 2.75) is 24.8 Å². The van der Waals surface area contributed by atoms with Crippen molar-refractivity contribution in [3.8, 4) is 11.5 Å². The molecule has 20 heavy (non-hydrogen) atoms. The molecular weight excluding hydrogens is 276 g/mol. The molecule has 0 aliphatic carbocycles. The predicted octanol–water partition coefficient (Wildman–Crippen LogP) is 3.68. The van der Waals surface area contributed by atoms with Gasteiger partial charge in [-0.25, -0.2) is 4.79 Å². The molecule has 0 unspecified atom stereocenters. The fourth-order valence-electron chi connectivity index (χ4n) is 1.76. The van der Waals surface area contributed by atoms with Crippen molar-refractivity contribution >= 4 is 17.7 Å². The van der Waals surface area contributed by atoms with Crippen LogP contribution >= 0.6 is 11.8 Å². The van der Waals surface area contributed by atoms with Crippen LogP contribution in [0.1, 0.15) is 30.2 Å². The monoisotopic (exact) mass is 292 g/mol. The van der Waals surface area contributed by atoms with Crippen molar-refractivity contribution in [2.75, 3.05) is 6.26 Å². The smallest absolute Gasteiger partial charge is 0.340 e. The summed E-state index contributed by atoms with van der Waals surface area (Å²) in [6.45, 7) is 4.02. The number of aromatic nitrogens is 2. The van der Waals surface area contributed by atoms with Gasteiger partial charge in [-0.05, 0) is 32.2 Å². The minimum atomic E-state index is -0.999. The number of rotatable bonds is 5. The molecule has 0 saturated carbocycles. The molecule has 1 heterocycles. The van der Waals surface area contributed by atoms with E-state index in [2.05, 4.69) is 5.10 Å². The van der Waals surface area contributed by atoms with Crippen LogP contribution in [0, 0.1) is 0 Å². The molecule has 0 aliphatic rings. The Kier molecular flexibility index (Phi) is 4.34. The first-order valence-corrected chi connectivity index (χ1v) is 7.37. The number of benzene rings is 1. The quantitative estimate of drug-likeness (QED) is 0.852. The lowest BCUT2D eigenvalue weighted by Crippen LogP contribution is -2.02. The van der Waals surface area contributed by atoms with Gasteiger partial charge in [0.25, 0.3) is 0 Å². The van der Waals surface area contributed by atoms with E-state index in [1.54, 1.807) is 35.3 Å². The Morgan fingerprint density at radius 3 is 2.75 bits per heavy atom. The number of nitrogens with zero attached hydrogens (tertiary/aromatic N) is 2. The standard InChI is InChI=1S/C14H16N2O3S/c1-9(2)16-8-10(7-15-16)19-11-5-4-6-12(20-3)13(11)14(17)18/h4-9H,1-3H3,(H,17,18). The second kappa shape index (κ2) is 6.00. The molecule has 0 aliphatic heterocycles. The highest BCUT2D eigenvalue weighted by Crippen LogP contribution is 2.32. The second-order valence-electron chi connectivity index (χ2n) is 4.49. The molecule has 0 saturated heterocycles. The second-order valence-corrected chi connectivity index (χ2v) is 5.34. The number of ether oxygens (including phenoxy) is 1. The Morgan fingerprint density at radius 1 is 1.45 bits per heavy atom. The molecule has 0 atom stereocenters. The molecule has 0 amide bonds. The maximum Gasteiger partial charge on any atom is 0.340 e. The minimum Gasteiger partial charge on any atom is -0.478 e. The summed E-state index contributed by atoms with van der Waals surface area (Å²) in [4.78, 5) is 12.1.